The SMILES string of the molecule is CCCC(C)(CCOC(C)(C)CCO)OC. The molecular formula is C13H28O3. The Kier molecular flexibility index (Phi) is 7.20. The predicted octanol–water partition coefficient (Wildman–Crippen LogP) is 2.76. The van der Waals surface area contributed by atoms with Crippen molar-refractivity contribution in [1.29, 1.82) is 0 Å². The average molecular weight is 232 g/mol. The lowest BCUT2D eigenvalue weighted by atomic mass is 9.96. The van der Waals surface area contributed by atoms with Crippen molar-refractivity contribution in [2.45, 2.75) is 64.6 Å². The molecular weight excluding hydrogens is 204 g/mol. The molecule has 98 valence electrons. The van der Waals surface area contributed by atoms with E-state index in [2.05, 4.69) is 13.8 Å². The van der Waals surface area contributed by atoms with Gasteiger partial charge in [0.15, 0.2) is 0 Å². The summed E-state index contributed by atoms with van der Waals surface area (Å²) in [4.78, 5) is 0. The topological polar surface area (TPSA) is 38.7 Å². The highest BCUT2D eigenvalue weighted by Crippen LogP contribution is 2.23. The quantitative estimate of drug-likeness (QED) is 0.664. The molecule has 0 aromatic carbocycles. The standard InChI is InChI=1S/C13H28O3/c1-6-7-13(4,15-5)9-11-16-12(2,3)8-10-14/h14H,6-11H2,1-5H3. The van der Waals surface area contributed by atoms with Crippen molar-refractivity contribution in [2.75, 3.05) is 20.3 Å². The second-order valence-corrected chi connectivity index (χ2v) is 5.24. The number of ether oxygens (including phenoxy) is 2. The van der Waals surface area contributed by atoms with E-state index in [1.165, 1.54) is 0 Å². The van der Waals surface area contributed by atoms with Gasteiger partial charge in [0.25, 0.3) is 0 Å². The molecule has 0 rings (SSSR count). The van der Waals surface area contributed by atoms with E-state index >= 15 is 0 Å². The van der Waals surface area contributed by atoms with Crippen molar-refractivity contribution in [3.8, 4) is 0 Å². The summed E-state index contributed by atoms with van der Waals surface area (Å²) in [5, 5.41) is 8.89. The maximum absolute atomic E-state index is 8.89. The van der Waals surface area contributed by atoms with Gasteiger partial charge in [0, 0.05) is 13.7 Å². The van der Waals surface area contributed by atoms with Crippen LogP contribution in [0.15, 0.2) is 0 Å². The van der Waals surface area contributed by atoms with Gasteiger partial charge >= 0.3 is 0 Å². The van der Waals surface area contributed by atoms with Gasteiger partial charge in [-0.15, -0.1) is 0 Å². The van der Waals surface area contributed by atoms with Crippen molar-refractivity contribution < 1.29 is 14.6 Å². The number of hydrogen-bond acceptors (Lipinski definition) is 3. The summed E-state index contributed by atoms with van der Waals surface area (Å²) in [6, 6.07) is 0. The second kappa shape index (κ2) is 7.25. The van der Waals surface area contributed by atoms with E-state index in [9.17, 15) is 0 Å². The zero-order chi connectivity index (χ0) is 12.7. The molecule has 1 N–H and O–H groups in total. The minimum absolute atomic E-state index is 0.0793. The first-order valence-electron chi connectivity index (χ1n) is 6.19. The van der Waals surface area contributed by atoms with E-state index in [1.807, 2.05) is 13.8 Å². The van der Waals surface area contributed by atoms with Gasteiger partial charge < -0.3 is 14.6 Å². The molecule has 3 heteroatoms. The van der Waals surface area contributed by atoms with Crippen LogP contribution < -0.4 is 0 Å². The molecule has 3 nitrogen and oxygen atoms in total. The number of rotatable bonds is 9. The first-order valence-corrected chi connectivity index (χ1v) is 6.19. The summed E-state index contributed by atoms with van der Waals surface area (Å²) in [6.07, 6.45) is 3.73. The lowest BCUT2D eigenvalue weighted by Crippen LogP contribution is -2.32. The molecule has 0 fully saturated rings. The summed E-state index contributed by atoms with van der Waals surface area (Å²) < 4.78 is 11.3. The van der Waals surface area contributed by atoms with Crippen LogP contribution in [-0.2, 0) is 9.47 Å². The van der Waals surface area contributed by atoms with Crippen molar-refractivity contribution in [1.82, 2.24) is 0 Å². The maximum atomic E-state index is 8.89. The van der Waals surface area contributed by atoms with Crippen LogP contribution in [0, 0.1) is 0 Å². The first-order chi connectivity index (χ1) is 7.39. The number of aliphatic hydroxyl groups is 1. The Bertz CT molecular complexity index is 180. The molecule has 0 aliphatic carbocycles. The molecule has 0 aliphatic rings. The molecule has 0 aliphatic heterocycles. The minimum Gasteiger partial charge on any atom is -0.396 e. The number of aliphatic hydroxyl groups excluding tert-OH is 1. The average Bonchev–Trinajstić information content (AvgIpc) is 2.17. The molecule has 1 atom stereocenters. The summed E-state index contributed by atoms with van der Waals surface area (Å²) in [6.45, 7) is 9.15. The molecule has 16 heavy (non-hydrogen) atoms. The van der Waals surface area contributed by atoms with E-state index in [4.69, 9.17) is 14.6 Å². The Morgan fingerprint density at radius 1 is 1.06 bits per heavy atom. The third-order valence-corrected chi connectivity index (χ3v) is 3.11. The fourth-order valence-electron chi connectivity index (χ4n) is 1.74. The Morgan fingerprint density at radius 3 is 2.12 bits per heavy atom. The van der Waals surface area contributed by atoms with Crippen LogP contribution in [0.25, 0.3) is 0 Å². The van der Waals surface area contributed by atoms with Gasteiger partial charge in [0.2, 0.25) is 0 Å². The summed E-state index contributed by atoms with van der Waals surface area (Å²) in [7, 11) is 1.76. The highest BCUT2D eigenvalue weighted by molar-refractivity contribution is 4.75. The molecule has 0 saturated heterocycles. The van der Waals surface area contributed by atoms with Gasteiger partial charge in [0.1, 0.15) is 0 Å². The molecule has 0 spiro atoms. The van der Waals surface area contributed by atoms with Gasteiger partial charge in [-0.2, -0.15) is 0 Å². The summed E-state index contributed by atoms with van der Waals surface area (Å²) in [5.41, 5.74) is -0.320. The zero-order valence-electron chi connectivity index (χ0n) is 11.5. The van der Waals surface area contributed by atoms with Crippen LogP contribution in [0.2, 0.25) is 0 Å². The lowest BCUT2D eigenvalue weighted by molar-refractivity contribution is -0.0740. The Morgan fingerprint density at radius 2 is 1.69 bits per heavy atom. The van der Waals surface area contributed by atoms with Crippen LogP contribution in [0.3, 0.4) is 0 Å². The Hall–Kier alpha value is -0.120. The van der Waals surface area contributed by atoms with Crippen molar-refractivity contribution in [3.63, 3.8) is 0 Å². The molecule has 0 amide bonds. The van der Waals surface area contributed by atoms with Gasteiger partial charge in [-0.25, -0.2) is 0 Å². The molecule has 1 unspecified atom stereocenters. The number of hydrogen-bond donors (Lipinski definition) is 1. The zero-order valence-corrected chi connectivity index (χ0v) is 11.5. The van der Waals surface area contributed by atoms with Crippen molar-refractivity contribution in [2.24, 2.45) is 0 Å². The van der Waals surface area contributed by atoms with E-state index in [-0.39, 0.29) is 17.8 Å². The third-order valence-electron chi connectivity index (χ3n) is 3.11. The van der Waals surface area contributed by atoms with E-state index < -0.39 is 0 Å². The number of methoxy groups -OCH3 is 1. The van der Waals surface area contributed by atoms with E-state index in [0.29, 0.717) is 13.0 Å². The van der Waals surface area contributed by atoms with Crippen molar-refractivity contribution in [3.05, 3.63) is 0 Å². The molecule has 0 aromatic heterocycles. The highest BCUT2D eigenvalue weighted by Gasteiger charge is 2.24. The highest BCUT2D eigenvalue weighted by atomic mass is 16.5. The maximum Gasteiger partial charge on any atom is 0.0672 e. The van der Waals surface area contributed by atoms with Gasteiger partial charge in [-0.05, 0) is 40.0 Å². The van der Waals surface area contributed by atoms with Crippen LogP contribution >= 0.6 is 0 Å². The normalized spacial score (nSPS) is 16.1. The minimum atomic E-state index is -0.240. The van der Waals surface area contributed by atoms with Crippen LogP contribution in [0.4, 0.5) is 0 Å². The lowest BCUT2D eigenvalue weighted by Gasteiger charge is -2.30. The molecule has 0 bridgehead atoms. The van der Waals surface area contributed by atoms with E-state index in [1.54, 1.807) is 7.11 Å². The first kappa shape index (κ1) is 15.9. The van der Waals surface area contributed by atoms with Crippen LogP contribution in [-0.4, -0.2) is 36.6 Å². The molecule has 0 radical (unpaired) electrons. The predicted molar refractivity (Wildman–Crippen MR) is 66.7 cm³/mol. The summed E-state index contributed by atoms with van der Waals surface area (Å²) in [5.74, 6) is 0. The molecule has 0 heterocycles. The summed E-state index contributed by atoms with van der Waals surface area (Å²) >= 11 is 0. The molecule has 0 aromatic rings. The second-order valence-electron chi connectivity index (χ2n) is 5.24. The van der Waals surface area contributed by atoms with E-state index in [0.717, 1.165) is 19.3 Å². The largest absolute Gasteiger partial charge is 0.396 e. The monoisotopic (exact) mass is 232 g/mol. The Labute approximate surface area is 100 Å². The fraction of sp³-hybridized carbons (Fsp3) is 1.00. The van der Waals surface area contributed by atoms with Crippen molar-refractivity contribution >= 4 is 0 Å². The Balaban J connectivity index is 3.94. The van der Waals surface area contributed by atoms with Gasteiger partial charge in [-0.3, -0.25) is 0 Å². The van der Waals surface area contributed by atoms with Gasteiger partial charge in [0.05, 0.1) is 17.8 Å². The third kappa shape index (κ3) is 6.46. The van der Waals surface area contributed by atoms with Crippen LogP contribution in [0.5, 0.6) is 0 Å². The van der Waals surface area contributed by atoms with Crippen LogP contribution in [0.1, 0.15) is 53.4 Å². The smallest absolute Gasteiger partial charge is 0.0672 e. The van der Waals surface area contributed by atoms with Gasteiger partial charge in [-0.1, -0.05) is 13.3 Å². The fourth-order valence-corrected chi connectivity index (χ4v) is 1.74. The molecule has 0 saturated carbocycles.